The zero-order valence-corrected chi connectivity index (χ0v) is 25.8. The number of fused-ring (bicyclic) bond motifs is 1. The van der Waals surface area contributed by atoms with Gasteiger partial charge in [-0.2, -0.15) is 0 Å². The summed E-state index contributed by atoms with van der Waals surface area (Å²) in [5.74, 6) is 2.25. The summed E-state index contributed by atoms with van der Waals surface area (Å²) < 4.78 is 6.86. The molecule has 0 aliphatic heterocycles. The predicted octanol–water partition coefficient (Wildman–Crippen LogP) is 9.55. The third-order valence-electron chi connectivity index (χ3n) is 10.6. The smallest absolute Gasteiger partial charge is 0.303 e. The molecule has 1 N–H and O–H groups in total. The fraction of sp³-hybridized carbons (Fsp3) is 0.844. The number of hydrogen-bond acceptors (Lipinski definition) is 2. The Labute approximate surface area is 223 Å². The number of rotatable bonds is 9. The van der Waals surface area contributed by atoms with Crippen LogP contribution in [0.25, 0.3) is 0 Å². The number of carboxylic acids is 1. The lowest BCUT2D eigenvalue weighted by Gasteiger charge is -2.44. The van der Waals surface area contributed by atoms with Crippen LogP contribution < -0.4 is 0 Å². The van der Waals surface area contributed by atoms with E-state index in [1.165, 1.54) is 51.4 Å². The van der Waals surface area contributed by atoms with E-state index in [-0.39, 0.29) is 5.04 Å². The van der Waals surface area contributed by atoms with Gasteiger partial charge in [-0.3, -0.25) is 4.79 Å². The van der Waals surface area contributed by atoms with Gasteiger partial charge in [-0.05, 0) is 105 Å². The molecular formula is C32H56O3Si. The van der Waals surface area contributed by atoms with Crippen molar-refractivity contribution in [3.8, 4) is 0 Å². The highest BCUT2D eigenvalue weighted by Gasteiger charge is 2.50. The maximum atomic E-state index is 10.9. The van der Waals surface area contributed by atoms with Crippen LogP contribution in [0.15, 0.2) is 23.3 Å². The van der Waals surface area contributed by atoms with Gasteiger partial charge in [0.2, 0.25) is 0 Å². The third-order valence-corrected chi connectivity index (χ3v) is 15.1. The minimum atomic E-state index is -1.74. The first-order valence-corrected chi connectivity index (χ1v) is 17.9. The molecule has 0 unspecified atom stereocenters. The molecule has 0 heterocycles. The summed E-state index contributed by atoms with van der Waals surface area (Å²) in [7, 11) is -1.74. The largest absolute Gasteiger partial charge is 0.481 e. The van der Waals surface area contributed by atoms with Crippen LogP contribution in [0.4, 0.5) is 0 Å². The summed E-state index contributed by atoms with van der Waals surface area (Å²) in [6.45, 7) is 19.2. The number of carboxylic acid groups (broad SMARTS) is 1. The Morgan fingerprint density at radius 3 is 2.58 bits per heavy atom. The van der Waals surface area contributed by atoms with Crippen molar-refractivity contribution in [3.05, 3.63) is 23.3 Å². The molecule has 0 aromatic heterocycles. The van der Waals surface area contributed by atoms with Gasteiger partial charge in [0.15, 0.2) is 8.32 Å². The van der Waals surface area contributed by atoms with Gasteiger partial charge in [-0.1, -0.05) is 77.7 Å². The van der Waals surface area contributed by atoms with Gasteiger partial charge in [0.1, 0.15) is 0 Å². The molecule has 0 amide bonds. The number of carbonyl (C=O) groups is 1. The Morgan fingerprint density at radius 1 is 1.19 bits per heavy atom. The fourth-order valence-corrected chi connectivity index (χ4v) is 9.01. The zero-order valence-electron chi connectivity index (χ0n) is 24.8. The Hall–Kier alpha value is -0.873. The molecule has 3 aliphatic carbocycles. The number of hydrogen-bond donors (Lipinski definition) is 1. The molecule has 3 saturated carbocycles. The summed E-state index contributed by atoms with van der Waals surface area (Å²) in [6, 6.07) is 0. The van der Waals surface area contributed by atoms with Crippen LogP contribution in [0, 0.1) is 29.1 Å². The summed E-state index contributed by atoms with van der Waals surface area (Å²) in [5.41, 5.74) is 3.72. The topological polar surface area (TPSA) is 46.5 Å². The molecule has 36 heavy (non-hydrogen) atoms. The molecule has 0 bridgehead atoms. The van der Waals surface area contributed by atoms with Crippen molar-refractivity contribution in [2.24, 2.45) is 29.1 Å². The second-order valence-electron chi connectivity index (χ2n) is 14.5. The van der Waals surface area contributed by atoms with Crippen molar-refractivity contribution in [2.45, 2.75) is 143 Å². The van der Waals surface area contributed by atoms with Crippen molar-refractivity contribution >= 4 is 14.3 Å². The molecule has 0 saturated heterocycles. The average Bonchev–Trinajstić information content (AvgIpc) is 3.11. The van der Waals surface area contributed by atoms with E-state index in [4.69, 9.17) is 9.53 Å². The van der Waals surface area contributed by atoms with E-state index in [0.29, 0.717) is 29.8 Å². The van der Waals surface area contributed by atoms with E-state index in [1.807, 2.05) is 0 Å². The lowest BCUT2D eigenvalue weighted by molar-refractivity contribution is -0.137. The molecular weight excluding hydrogens is 460 g/mol. The van der Waals surface area contributed by atoms with Crippen LogP contribution in [0.1, 0.15) is 119 Å². The van der Waals surface area contributed by atoms with E-state index >= 15 is 0 Å². The van der Waals surface area contributed by atoms with E-state index in [9.17, 15) is 4.79 Å². The Balaban J connectivity index is 1.66. The van der Waals surface area contributed by atoms with Gasteiger partial charge in [0.25, 0.3) is 0 Å². The zero-order chi connectivity index (χ0) is 26.7. The first-order valence-electron chi connectivity index (χ1n) is 15.0. The standard InChI is InChI=1S/C32H56O3Si/c1-23-20-25(22-27(21-23)35-36(7,8)31(3,4)5)15-16-26-13-11-19-32(6)28(17-18-29(26)32)24(2)12-9-10-14-30(33)34/h15-16,23-24,27-29H,9-14,17-22H2,1-8H3,(H,33,34)/b25-15-,26-16+/t23-,24-,27+,28-,29+,32-/m1/s1. The first-order chi connectivity index (χ1) is 16.7. The number of aliphatic carboxylic acids is 1. The molecule has 3 rings (SSSR count). The van der Waals surface area contributed by atoms with Crippen molar-refractivity contribution in [3.63, 3.8) is 0 Å². The molecule has 206 valence electrons. The lowest BCUT2D eigenvalue weighted by atomic mass is 9.60. The molecule has 0 aromatic rings. The average molecular weight is 517 g/mol. The van der Waals surface area contributed by atoms with Gasteiger partial charge in [0.05, 0.1) is 0 Å². The minimum absolute atomic E-state index is 0.262. The van der Waals surface area contributed by atoms with Crippen LogP contribution in [0.3, 0.4) is 0 Å². The fourth-order valence-electron chi connectivity index (χ4n) is 7.64. The van der Waals surface area contributed by atoms with Crippen molar-refractivity contribution in [2.75, 3.05) is 0 Å². The highest BCUT2D eigenvalue weighted by molar-refractivity contribution is 6.74. The Bertz CT molecular complexity index is 820. The molecule has 0 aromatic carbocycles. The molecule has 0 spiro atoms. The van der Waals surface area contributed by atoms with Gasteiger partial charge in [-0.25, -0.2) is 0 Å². The second-order valence-corrected chi connectivity index (χ2v) is 19.3. The Morgan fingerprint density at radius 2 is 1.92 bits per heavy atom. The van der Waals surface area contributed by atoms with Gasteiger partial charge < -0.3 is 9.53 Å². The monoisotopic (exact) mass is 516 g/mol. The molecule has 3 fully saturated rings. The van der Waals surface area contributed by atoms with Crippen LogP contribution in [-0.2, 0) is 9.22 Å². The predicted molar refractivity (Wildman–Crippen MR) is 155 cm³/mol. The first kappa shape index (κ1) is 29.7. The normalized spacial score (nSPS) is 34.7. The van der Waals surface area contributed by atoms with Crippen LogP contribution in [-0.4, -0.2) is 25.5 Å². The quantitative estimate of drug-likeness (QED) is 0.245. The summed E-state index contributed by atoms with van der Waals surface area (Å²) in [5, 5.41) is 9.22. The minimum Gasteiger partial charge on any atom is -0.481 e. The van der Waals surface area contributed by atoms with E-state index in [0.717, 1.165) is 31.1 Å². The van der Waals surface area contributed by atoms with E-state index in [1.54, 1.807) is 11.1 Å². The number of unbranched alkanes of at least 4 members (excludes halogenated alkanes) is 1. The molecule has 0 radical (unpaired) electrons. The summed E-state index contributed by atoms with van der Waals surface area (Å²) in [4.78, 5) is 10.9. The van der Waals surface area contributed by atoms with E-state index in [2.05, 4.69) is 66.8 Å². The van der Waals surface area contributed by atoms with Crippen molar-refractivity contribution < 1.29 is 14.3 Å². The van der Waals surface area contributed by atoms with Gasteiger partial charge >= 0.3 is 5.97 Å². The summed E-state index contributed by atoms with van der Waals surface area (Å²) in [6.07, 6.45) is 18.9. The van der Waals surface area contributed by atoms with E-state index < -0.39 is 14.3 Å². The SMILES string of the molecule is C[C@@H]1C/C(=C/C=C2\CCC[C@]3(C)[C@@H]([C@H](C)CCCCC(=O)O)CC[C@@H]23)C[C@@H](O[Si](C)(C)C(C)(C)C)C1. The highest BCUT2D eigenvalue weighted by atomic mass is 28.4. The summed E-state index contributed by atoms with van der Waals surface area (Å²) >= 11 is 0. The van der Waals surface area contributed by atoms with Gasteiger partial charge in [0, 0.05) is 12.5 Å². The van der Waals surface area contributed by atoms with Crippen LogP contribution >= 0.6 is 0 Å². The van der Waals surface area contributed by atoms with Crippen molar-refractivity contribution in [1.82, 2.24) is 0 Å². The maximum Gasteiger partial charge on any atom is 0.303 e. The lowest BCUT2D eigenvalue weighted by Crippen LogP contribution is -2.45. The van der Waals surface area contributed by atoms with Gasteiger partial charge in [-0.15, -0.1) is 0 Å². The molecule has 3 nitrogen and oxygen atoms in total. The Kier molecular flexibility index (Phi) is 9.80. The van der Waals surface area contributed by atoms with Crippen LogP contribution in [0.5, 0.6) is 0 Å². The molecule has 4 heteroatoms. The molecule has 3 aliphatic rings. The highest BCUT2D eigenvalue weighted by Crippen LogP contribution is 2.60. The third kappa shape index (κ3) is 7.16. The molecule has 6 atom stereocenters. The number of allylic oxidation sites excluding steroid dienone is 3. The van der Waals surface area contributed by atoms with Crippen LogP contribution in [0.2, 0.25) is 18.1 Å². The van der Waals surface area contributed by atoms with Crippen molar-refractivity contribution in [1.29, 1.82) is 0 Å². The maximum absolute atomic E-state index is 10.9. The second kappa shape index (κ2) is 11.9.